The Hall–Kier alpha value is -2.53. The second-order valence-electron chi connectivity index (χ2n) is 4.48. The summed E-state index contributed by atoms with van der Waals surface area (Å²) < 4.78 is 10.1. The van der Waals surface area contributed by atoms with Gasteiger partial charge in [-0.15, -0.1) is 0 Å². The van der Waals surface area contributed by atoms with E-state index in [0.29, 0.717) is 5.56 Å². The molecule has 0 saturated heterocycles. The van der Waals surface area contributed by atoms with Gasteiger partial charge in [-0.3, -0.25) is 0 Å². The molecular weight excluding hydrogens is 298 g/mol. The number of nitrogens with zero attached hydrogens (tertiary/aromatic N) is 1. The summed E-state index contributed by atoms with van der Waals surface area (Å²) in [6, 6.07) is 15.1. The van der Waals surface area contributed by atoms with Gasteiger partial charge in [0.2, 0.25) is 0 Å². The molecule has 22 heavy (non-hydrogen) atoms. The maximum atomic E-state index is 11.5. The minimum absolute atomic E-state index is 0.364. The number of benzene rings is 1. The Morgan fingerprint density at radius 2 is 2.00 bits per heavy atom. The number of rotatable bonds is 4. The fraction of sp³-hybridized carbons (Fsp3) is 0.0588. The molecule has 0 fully saturated rings. The van der Waals surface area contributed by atoms with Crippen LogP contribution >= 0.6 is 11.8 Å². The summed E-state index contributed by atoms with van der Waals surface area (Å²) >= 11 is 1.49. The summed E-state index contributed by atoms with van der Waals surface area (Å²) in [4.78, 5) is 16.8. The molecule has 3 aromatic rings. The lowest BCUT2D eigenvalue weighted by Gasteiger charge is -2.04. The Labute approximate surface area is 132 Å². The van der Waals surface area contributed by atoms with Crippen molar-refractivity contribution in [2.75, 3.05) is 7.11 Å². The summed E-state index contributed by atoms with van der Waals surface area (Å²) in [5.41, 5.74) is 1.51. The zero-order chi connectivity index (χ0) is 15.4. The van der Waals surface area contributed by atoms with Crippen LogP contribution in [0.4, 0.5) is 0 Å². The first-order valence-electron chi connectivity index (χ1n) is 6.62. The normalized spacial score (nSPS) is 10.4. The molecule has 0 bridgehead atoms. The summed E-state index contributed by atoms with van der Waals surface area (Å²) in [5.74, 6) is 0.472. The number of pyridine rings is 1. The molecule has 0 atom stereocenters. The maximum Gasteiger partial charge on any atom is 0.337 e. The molecule has 3 rings (SSSR count). The maximum absolute atomic E-state index is 11.5. The van der Waals surface area contributed by atoms with Crippen molar-refractivity contribution in [2.24, 2.45) is 0 Å². The SMILES string of the molecule is COC(=O)c1ccnc(Sc2ccc(-c3ccco3)cc2)c1. The smallest absolute Gasteiger partial charge is 0.337 e. The van der Waals surface area contributed by atoms with Crippen molar-refractivity contribution in [3.63, 3.8) is 0 Å². The molecule has 0 amide bonds. The zero-order valence-electron chi connectivity index (χ0n) is 11.9. The molecule has 2 aromatic heterocycles. The van der Waals surface area contributed by atoms with Crippen molar-refractivity contribution in [3.8, 4) is 11.3 Å². The van der Waals surface area contributed by atoms with E-state index in [4.69, 9.17) is 9.15 Å². The van der Waals surface area contributed by atoms with E-state index in [0.717, 1.165) is 21.2 Å². The molecule has 0 unspecified atom stereocenters. The van der Waals surface area contributed by atoms with Crippen molar-refractivity contribution in [3.05, 3.63) is 66.6 Å². The van der Waals surface area contributed by atoms with Crippen LogP contribution < -0.4 is 0 Å². The number of hydrogen-bond donors (Lipinski definition) is 0. The monoisotopic (exact) mass is 311 g/mol. The minimum atomic E-state index is -0.364. The molecule has 4 nitrogen and oxygen atoms in total. The lowest BCUT2D eigenvalue weighted by Crippen LogP contribution is -2.01. The second kappa shape index (κ2) is 6.49. The molecule has 110 valence electrons. The molecule has 0 aliphatic carbocycles. The van der Waals surface area contributed by atoms with Crippen molar-refractivity contribution >= 4 is 17.7 Å². The average Bonchev–Trinajstić information content (AvgIpc) is 3.09. The van der Waals surface area contributed by atoms with Gasteiger partial charge in [-0.2, -0.15) is 0 Å². The first-order chi connectivity index (χ1) is 10.8. The minimum Gasteiger partial charge on any atom is -0.465 e. The number of ether oxygens (including phenoxy) is 1. The predicted octanol–water partition coefficient (Wildman–Crippen LogP) is 4.28. The van der Waals surface area contributed by atoms with E-state index in [2.05, 4.69) is 4.98 Å². The highest BCUT2D eigenvalue weighted by Crippen LogP contribution is 2.29. The number of carbonyl (C=O) groups excluding carboxylic acids is 1. The fourth-order valence-corrected chi connectivity index (χ4v) is 2.77. The summed E-state index contributed by atoms with van der Waals surface area (Å²) in [7, 11) is 1.36. The van der Waals surface area contributed by atoms with Crippen molar-refractivity contribution in [1.82, 2.24) is 4.98 Å². The molecule has 0 radical (unpaired) electrons. The van der Waals surface area contributed by atoms with E-state index < -0.39 is 0 Å². The largest absolute Gasteiger partial charge is 0.465 e. The van der Waals surface area contributed by atoms with E-state index in [-0.39, 0.29) is 5.97 Å². The van der Waals surface area contributed by atoms with Gasteiger partial charge in [0.15, 0.2) is 0 Å². The van der Waals surface area contributed by atoms with Gasteiger partial charge in [0, 0.05) is 16.7 Å². The summed E-state index contributed by atoms with van der Waals surface area (Å²) in [6.07, 6.45) is 3.26. The van der Waals surface area contributed by atoms with Crippen LogP contribution in [0.25, 0.3) is 11.3 Å². The van der Waals surface area contributed by atoms with Crippen LogP contribution in [-0.4, -0.2) is 18.1 Å². The molecule has 0 spiro atoms. The fourth-order valence-electron chi connectivity index (χ4n) is 1.96. The van der Waals surface area contributed by atoms with E-state index >= 15 is 0 Å². The third-order valence-corrected chi connectivity index (χ3v) is 3.98. The number of carbonyl (C=O) groups is 1. The molecule has 0 saturated carbocycles. The van der Waals surface area contributed by atoms with Crippen LogP contribution in [0.2, 0.25) is 0 Å². The predicted molar refractivity (Wildman–Crippen MR) is 83.8 cm³/mol. The highest BCUT2D eigenvalue weighted by molar-refractivity contribution is 7.99. The number of aromatic nitrogens is 1. The second-order valence-corrected chi connectivity index (χ2v) is 5.57. The average molecular weight is 311 g/mol. The van der Waals surface area contributed by atoms with Crippen LogP contribution in [0.3, 0.4) is 0 Å². The van der Waals surface area contributed by atoms with Crippen LogP contribution in [-0.2, 0) is 4.74 Å². The van der Waals surface area contributed by atoms with Gasteiger partial charge in [0.1, 0.15) is 10.8 Å². The summed E-state index contributed by atoms with van der Waals surface area (Å²) in [5, 5.41) is 0.744. The van der Waals surface area contributed by atoms with Gasteiger partial charge in [0.25, 0.3) is 0 Å². The first-order valence-corrected chi connectivity index (χ1v) is 7.44. The number of esters is 1. The standard InChI is InChI=1S/C17H13NO3S/c1-20-17(19)13-8-9-18-16(11-13)22-14-6-4-12(5-7-14)15-3-2-10-21-15/h2-11H,1H3. The van der Waals surface area contributed by atoms with Gasteiger partial charge < -0.3 is 9.15 Å². The van der Waals surface area contributed by atoms with Gasteiger partial charge in [-0.25, -0.2) is 9.78 Å². The highest BCUT2D eigenvalue weighted by Gasteiger charge is 2.08. The molecule has 5 heteroatoms. The Balaban J connectivity index is 1.77. The van der Waals surface area contributed by atoms with Crippen LogP contribution in [0.5, 0.6) is 0 Å². The van der Waals surface area contributed by atoms with Gasteiger partial charge >= 0.3 is 5.97 Å². The number of hydrogen-bond acceptors (Lipinski definition) is 5. The first kappa shape index (κ1) is 14.4. The van der Waals surface area contributed by atoms with Gasteiger partial charge in [-0.1, -0.05) is 23.9 Å². The van der Waals surface area contributed by atoms with Crippen LogP contribution in [0, 0.1) is 0 Å². The van der Waals surface area contributed by atoms with E-state index in [1.165, 1.54) is 18.9 Å². The molecule has 0 aliphatic rings. The van der Waals surface area contributed by atoms with Crippen molar-refractivity contribution in [1.29, 1.82) is 0 Å². The van der Waals surface area contributed by atoms with Crippen molar-refractivity contribution < 1.29 is 13.9 Å². The third kappa shape index (κ3) is 3.20. The lowest BCUT2D eigenvalue weighted by molar-refractivity contribution is 0.0600. The highest BCUT2D eigenvalue weighted by atomic mass is 32.2. The topological polar surface area (TPSA) is 52.3 Å². The van der Waals surface area contributed by atoms with E-state index in [1.54, 1.807) is 24.6 Å². The Morgan fingerprint density at radius 3 is 2.68 bits per heavy atom. The molecule has 0 N–H and O–H groups in total. The van der Waals surface area contributed by atoms with E-state index in [1.807, 2.05) is 36.4 Å². The Bertz CT molecular complexity index is 767. The number of methoxy groups -OCH3 is 1. The Morgan fingerprint density at radius 1 is 1.18 bits per heavy atom. The van der Waals surface area contributed by atoms with Crippen LogP contribution in [0.1, 0.15) is 10.4 Å². The Kier molecular flexibility index (Phi) is 4.25. The third-order valence-electron chi connectivity index (χ3n) is 3.04. The van der Waals surface area contributed by atoms with Gasteiger partial charge in [-0.05, 0) is 36.4 Å². The molecule has 0 aliphatic heterocycles. The zero-order valence-corrected chi connectivity index (χ0v) is 12.7. The molecule has 2 heterocycles. The van der Waals surface area contributed by atoms with Crippen molar-refractivity contribution in [2.45, 2.75) is 9.92 Å². The quantitative estimate of drug-likeness (QED) is 0.673. The summed E-state index contributed by atoms with van der Waals surface area (Å²) in [6.45, 7) is 0. The number of furan rings is 1. The van der Waals surface area contributed by atoms with Gasteiger partial charge in [0.05, 0.1) is 18.9 Å². The molecular formula is C17H13NO3S. The van der Waals surface area contributed by atoms with Crippen LogP contribution in [0.15, 0.2) is 75.3 Å². The molecule has 1 aromatic carbocycles. The van der Waals surface area contributed by atoms with E-state index in [9.17, 15) is 4.79 Å². The lowest BCUT2D eigenvalue weighted by atomic mass is 10.2.